The second kappa shape index (κ2) is 7.24. The molecule has 2 rings (SSSR count). The van der Waals surface area contributed by atoms with Crippen molar-refractivity contribution in [3.8, 4) is 0 Å². The minimum atomic E-state index is -0.565. The van der Waals surface area contributed by atoms with Gasteiger partial charge in [-0.3, -0.25) is 4.79 Å². The van der Waals surface area contributed by atoms with Crippen molar-refractivity contribution < 1.29 is 13.6 Å². The van der Waals surface area contributed by atoms with Gasteiger partial charge in [-0.25, -0.2) is 8.78 Å². The topological polar surface area (TPSA) is 29.1 Å². The quantitative estimate of drug-likeness (QED) is 0.736. The average Bonchev–Trinajstić information content (AvgIpc) is 2.45. The summed E-state index contributed by atoms with van der Waals surface area (Å²) in [5, 5.41) is 2.20. The number of aryl methyl sites for hydroxylation is 1. The molecule has 0 aliphatic rings. The zero-order valence-corrected chi connectivity index (χ0v) is 14.4. The summed E-state index contributed by atoms with van der Waals surface area (Å²) in [4.78, 5) is 12.3. The summed E-state index contributed by atoms with van der Waals surface area (Å²) in [5.74, 6) is -1.35. The van der Waals surface area contributed by atoms with E-state index in [1.807, 2.05) is 19.1 Å². The third kappa shape index (κ3) is 4.30. The fraction of sp³-hybridized carbons (Fsp3) is 0.188. The number of carbonyl (C=O) groups excluding carboxylic acids is 1. The SMILES string of the molecule is Cc1ccc(NC(=O)[C@@H](C)Sc2cc(F)ccc2F)c(Br)c1. The zero-order valence-electron chi connectivity index (χ0n) is 12.0. The van der Waals surface area contributed by atoms with Crippen molar-refractivity contribution in [3.05, 3.63) is 58.1 Å². The minimum Gasteiger partial charge on any atom is -0.324 e. The molecule has 0 fully saturated rings. The fourth-order valence-corrected chi connectivity index (χ4v) is 3.27. The molecular weight excluding hydrogens is 372 g/mol. The predicted octanol–water partition coefficient (Wildman–Crippen LogP) is 5.16. The highest BCUT2D eigenvalue weighted by atomic mass is 79.9. The van der Waals surface area contributed by atoms with Gasteiger partial charge in [-0.15, -0.1) is 11.8 Å². The van der Waals surface area contributed by atoms with Gasteiger partial charge >= 0.3 is 0 Å². The Balaban J connectivity index is 2.07. The second-order valence-electron chi connectivity index (χ2n) is 4.81. The molecule has 116 valence electrons. The highest BCUT2D eigenvalue weighted by Gasteiger charge is 2.18. The van der Waals surface area contributed by atoms with Crippen LogP contribution in [0.5, 0.6) is 0 Å². The van der Waals surface area contributed by atoms with Crippen LogP contribution in [-0.4, -0.2) is 11.2 Å². The summed E-state index contributed by atoms with van der Waals surface area (Å²) in [6.07, 6.45) is 0. The van der Waals surface area contributed by atoms with Crippen LogP contribution in [0.25, 0.3) is 0 Å². The maximum absolute atomic E-state index is 13.6. The Morgan fingerprint density at radius 3 is 2.64 bits per heavy atom. The van der Waals surface area contributed by atoms with E-state index in [-0.39, 0.29) is 10.8 Å². The lowest BCUT2D eigenvalue weighted by Gasteiger charge is -2.14. The molecule has 2 nitrogen and oxygen atoms in total. The van der Waals surface area contributed by atoms with Gasteiger partial charge in [0.2, 0.25) is 5.91 Å². The lowest BCUT2D eigenvalue weighted by Crippen LogP contribution is -2.22. The number of amides is 1. The molecule has 0 aliphatic carbocycles. The molecule has 0 spiro atoms. The highest BCUT2D eigenvalue weighted by Crippen LogP contribution is 2.29. The molecule has 6 heteroatoms. The average molecular weight is 386 g/mol. The molecule has 2 aromatic carbocycles. The zero-order chi connectivity index (χ0) is 16.3. The smallest absolute Gasteiger partial charge is 0.237 e. The number of anilines is 1. The number of hydrogen-bond donors (Lipinski definition) is 1. The number of benzene rings is 2. The van der Waals surface area contributed by atoms with Crippen LogP contribution in [0.3, 0.4) is 0 Å². The molecular formula is C16H14BrF2NOS. The van der Waals surface area contributed by atoms with Gasteiger partial charge < -0.3 is 5.32 Å². The number of rotatable bonds is 4. The van der Waals surface area contributed by atoms with Gasteiger partial charge in [0.05, 0.1) is 10.9 Å². The number of thioether (sulfide) groups is 1. The Morgan fingerprint density at radius 1 is 1.23 bits per heavy atom. The van der Waals surface area contributed by atoms with E-state index >= 15 is 0 Å². The number of nitrogens with one attached hydrogen (secondary N) is 1. The van der Waals surface area contributed by atoms with Gasteiger partial charge in [0.15, 0.2) is 0 Å². The summed E-state index contributed by atoms with van der Waals surface area (Å²) in [7, 11) is 0. The Bertz CT molecular complexity index is 709. The normalized spacial score (nSPS) is 12.0. The lowest BCUT2D eigenvalue weighted by molar-refractivity contribution is -0.115. The molecule has 2 aromatic rings. The summed E-state index contributed by atoms with van der Waals surface area (Å²) in [6.45, 7) is 3.59. The van der Waals surface area contributed by atoms with E-state index in [0.29, 0.717) is 5.69 Å². The molecule has 0 saturated carbocycles. The molecule has 0 aromatic heterocycles. The third-order valence-corrected chi connectivity index (χ3v) is 4.74. The van der Waals surface area contributed by atoms with E-state index in [9.17, 15) is 13.6 Å². The molecule has 0 aliphatic heterocycles. The van der Waals surface area contributed by atoms with Gasteiger partial charge in [0.1, 0.15) is 11.6 Å². The second-order valence-corrected chi connectivity index (χ2v) is 7.04. The molecule has 1 atom stereocenters. The maximum atomic E-state index is 13.6. The summed E-state index contributed by atoms with van der Waals surface area (Å²) < 4.78 is 27.5. The Kier molecular flexibility index (Phi) is 5.58. The first-order valence-electron chi connectivity index (χ1n) is 6.55. The number of halogens is 3. The summed E-state index contributed by atoms with van der Waals surface area (Å²) in [6, 6.07) is 8.75. The molecule has 0 bridgehead atoms. The largest absolute Gasteiger partial charge is 0.324 e. The van der Waals surface area contributed by atoms with Gasteiger partial charge in [-0.05, 0) is 65.7 Å². The maximum Gasteiger partial charge on any atom is 0.237 e. The Hall–Kier alpha value is -1.40. The van der Waals surface area contributed by atoms with Crippen molar-refractivity contribution in [1.29, 1.82) is 0 Å². The van der Waals surface area contributed by atoms with E-state index in [2.05, 4.69) is 21.2 Å². The fourth-order valence-electron chi connectivity index (χ4n) is 1.77. The lowest BCUT2D eigenvalue weighted by atomic mass is 10.2. The van der Waals surface area contributed by atoms with Crippen LogP contribution in [0.2, 0.25) is 0 Å². The van der Waals surface area contributed by atoms with Crippen molar-refractivity contribution in [2.45, 2.75) is 24.0 Å². The predicted molar refractivity (Wildman–Crippen MR) is 89.2 cm³/mol. The van der Waals surface area contributed by atoms with Crippen LogP contribution in [-0.2, 0) is 4.79 Å². The van der Waals surface area contributed by atoms with E-state index < -0.39 is 16.9 Å². The van der Waals surface area contributed by atoms with E-state index in [4.69, 9.17) is 0 Å². The van der Waals surface area contributed by atoms with Crippen molar-refractivity contribution in [1.82, 2.24) is 0 Å². The molecule has 0 radical (unpaired) electrons. The highest BCUT2D eigenvalue weighted by molar-refractivity contribution is 9.10. The summed E-state index contributed by atoms with van der Waals surface area (Å²) in [5.41, 5.74) is 1.71. The monoisotopic (exact) mass is 385 g/mol. The standard InChI is InChI=1S/C16H14BrF2NOS/c1-9-3-6-14(12(17)7-9)20-16(21)10(2)22-15-8-11(18)4-5-13(15)19/h3-8,10H,1-2H3,(H,20,21)/t10-/m1/s1. The molecule has 22 heavy (non-hydrogen) atoms. The van der Waals surface area contributed by atoms with E-state index in [1.54, 1.807) is 13.0 Å². The first-order chi connectivity index (χ1) is 10.4. The molecule has 1 amide bonds. The minimum absolute atomic E-state index is 0.116. The van der Waals surface area contributed by atoms with Gasteiger partial charge in [0.25, 0.3) is 0 Å². The summed E-state index contributed by atoms with van der Waals surface area (Å²) >= 11 is 4.36. The van der Waals surface area contributed by atoms with E-state index in [0.717, 1.165) is 40.0 Å². The molecule has 0 heterocycles. The van der Waals surface area contributed by atoms with Crippen molar-refractivity contribution in [3.63, 3.8) is 0 Å². The first kappa shape index (κ1) is 17.0. The van der Waals surface area contributed by atoms with Gasteiger partial charge in [-0.1, -0.05) is 6.07 Å². The Labute approximate surface area is 140 Å². The number of carbonyl (C=O) groups is 1. The third-order valence-electron chi connectivity index (χ3n) is 2.95. The van der Waals surface area contributed by atoms with Crippen LogP contribution in [0.4, 0.5) is 14.5 Å². The van der Waals surface area contributed by atoms with E-state index in [1.165, 1.54) is 0 Å². The van der Waals surface area contributed by atoms with Crippen molar-refractivity contribution >= 4 is 39.3 Å². The van der Waals surface area contributed by atoms with Gasteiger partial charge in [0, 0.05) is 9.37 Å². The van der Waals surface area contributed by atoms with Crippen LogP contribution in [0, 0.1) is 18.6 Å². The molecule has 0 saturated heterocycles. The van der Waals surface area contributed by atoms with Crippen LogP contribution in [0.15, 0.2) is 45.8 Å². The van der Waals surface area contributed by atoms with Crippen LogP contribution >= 0.6 is 27.7 Å². The van der Waals surface area contributed by atoms with Crippen molar-refractivity contribution in [2.24, 2.45) is 0 Å². The molecule has 0 unspecified atom stereocenters. The number of hydrogen-bond acceptors (Lipinski definition) is 2. The van der Waals surface area contributed by atoms with Crippen molar-refractivity contribution in [2.75, 3.05) is 5.32 Å². The Morgan fingerprint density at radius 2 is 1.95 bits per heavy atom. The first-order valence-corrected chi connectivity index (χ1v) is 8.23. The van der Waals surface area contributed by atoms with Crippen LogP contribution in [0.1, 0.15) is 12.5 Å². The van der Waals surface area contributed by atoms with Gasteiger partial charge in [-0.2, -0.15) is 0 Å². The molecule has 1 N–H and O–H groups in total. The van der Waals surface area contributed by atoms with Crippen LogP contribution < -0.4 is 5.32 Å².